The molecule has 0 spiro atoms. The quantitative estimate of drug-likeness (QED) is 0.525. The van der Waals surface area contributed by atoms with Gasteiger partial charge < -0.3 is 20.9 Å². The molecule has 2 aromatic heterocycles. The van der Waals surface area contributed by atoms with E-state index in [1.807, 2.05) is 0 Å². The van der Waals surface area contributed by atoms with Gasteiger partial charge in [0.05, 0.1) is 0 Å². The van der Waals surface area contributed by atoms with Crippen LogP contribution in [0.1, 0.15) is 38.8 Å². The molecule has 0 aliphatic heterocycles. The van der Waals surface area contributed by atoms with E-state index in [9.17, 15) is 18.4 Å². The van der Waals surface area contributed by atoms with Crippen molar-refractivity contribution in [1.29, 1.82) is 0 Å². The lowest BCUT2D eigenvalue weighted by atomic mass is 9.91. The van der Waals surface area contributed by atoms with Crippen LogP contribution in [0.5, 0.6) is 0 Å². The largest absolute Gasteiger partial charge is 0.382 e. The minimum absolute atomic E-state index is 0.0181. The molecule has 29 heavy (non-hydrogen) atoms. The van der Waals surface area contributed by atoms with Crippen molar-refractivity contribution < 1.29 is 22.9 Å². The van der Waals surface area contributed by atoms with Gasteiger partial charge in [0.2, 0.25) is 11.5 Å². The number of rotatable bonds is 6. The van der Waals surface area contributed by atoms with Gasteiger partial charge in [-0.1, -0.05) is 16.5 Å². The van der Waals surface area contributed by atoms with Crippen LogP contribution in [0.25, 0.3) is 0 Å². The molecule has 4 N–H and O–H groups in total. The number of alkyl halides is 1. The number of carbonyl (C=O) groups is 2. The fourth-order valence-corrected chi connectivity index (χ4v) is 3.58. The van der Waals surface area contributed by atoms with E-state index in [-0.39, 0.29) is 46.8 Å². The summed E-state index contributed by atoms with van der Waals surface area (Å²) in [5, 5.41) is 9.48. The van der Waals surface area contributed by atoms with E-state index in [4.69, 9.17) is 10.3 Å². The van der Waals surface area contributed by atoms with Gasteiger partial charge in [-0.25, -0.2) is 13.8 Å². The minimum Gasteiger partial charge on any atom is -0.382 e. The maximum Gasteiger partial charge on any atom is 0.273 e. The summed E-state index contributed by atoms with van der Waals surface area (Å²) in [6.45, 7) is 0. The van der Waals surface area contributed by atoms with Crippen LogP contribution in [0.2, 0.25) is 0 Å². The Morgan fingerprint density at radius 3 is 2.66 bits per heavy atom. The molecule has 1 aliphatic carbocycles. The van der Waals surface area contributed by atoms with E-state index in [2.05, 4.69) is 20.8 Å². The summed E-state index contributed by atoms with van der Waals surface area (Å²) in [5.41, 5.74) is 6.32. The topological polar surface area (TPSA) is 123 Å². The smallest absolute Gasteiger partial charge is 0.273 e. The molecule has 0 saturated heterocycles. The number of thiazole rings is 1. The highest BCUT2D eigenvalue weighted by atomic mass is 32.1. The van der Waals surface area contributed by atoms with Gasteiger partial charge in [-0.05, 0) is 37.1 Å². The third-order valence-corrected chi connectivity index (χ3v) is 5.32. The summed E-state index contributed by atoms with van der Waals surface area (Å²) in [6.07, 6.45) is -0.380. The molecule has 0 bridgehead atoms. The van der Waals surface area contributed by atoms with Crippen LogP contribution in [-0.2, 0) is 0 Å². The zero-order valence-electron chi connectivity index (χ0n) is 14.8. The molecule has 0 atom stereocenters. The van der Waals surface area contributed by atoms with Crippen molar-refractivity contribution >= 4 is 39.7 Å². The molecule has 1 aliphatic rings. The molecule has 2 heterocycles. The van der Waals surface area contributed by atoms with Gasteiger partial charge >= 0.3 is 0 Å². The zero-order chi connectivity index (χ0) is 20.5. The first-order valence-electron chi connectivity index (χ1n) is 8.64. The maximum atomic E-state index is 13.0. The lowest BCUT2D eigenvalue weighted by Gasteiger charge is -2.29. The fraction of sp³-hybridized carbons (Fsp3) is 0.222. The molecule has 1 saturated carbocycles. The Kier molecular flexibility index (Phi) is 4.97. The van der Waals surface area contributed by atoms with Crippen LogP contribution < -0.4 is 16.4 Å². The zero-order valence-corrected chi connectivity index (χ0v) is 15.6. The van der Waals surface area contributed by atoms with Gasteiger partial charge in [-0.3, -0.25) is 9.59 Å². The number of hydrogen-bond donors (Lipinski definition) is 3. The van der Waals surface area contributed by atoms with E-state index < -0.39 is 17.9 Å². The molecular formula is C18H15F2N5O3S. The molecule has 1 aromatic carbocycles. The Morgan fingerprint density at radius 1 is 1.24 bits per heavy atom. The molecule has 1 amide bonds. The third kappa shape index (κ3) is 4.09. The van der Waals surface area contributed by atoms with Crippen LogP contribution in [0.4, 0.5) is 25.4 Å². The lowest BCUT2D eigenvalue weighted by Crippen LogP contribution is -2.45. The predicted octanol–water partition coefficient (Wildman–Crippen LogP) is 3.06. The van der Waals surface area contributed by atoms with Gasteiger partial charge in [0.1, 0.15) is 22.7 Å². The number of nitrogens with one attached hydrogen (secondary N) is 2. The standard InChI is InChI=1S/C18H15F2N5O3S/c19-8-1-3-10(4-2-8)23-18-24-16(21)15(29-18)14(26)13-7-12(25-28-13)17(27)22-11-5-9(20)6-11/h1-4,7,9,11H,5-6,21H2,(H,22,27)(H,23,24). The highest BCUT2D eigenvalue weighted by molar-refractivity contribution is 7.18. The highest BCUT2D eigenvalue weighted by Gasteiger charge is 2.31. The first-order valence-corrected chi connectivity index (χ1v) is 9.46. The van der Waals surface area contributed by atoms with Crippen molar-refractivity contribution in [2.45, 2.75) is 25.1 Å². The van der Waals surface area contributed by atoms with E-state index in [1.165, 1.54) is 30.3 Å². The summed E-state index contributed by atoms with van der Waals surface area (Å²) in [6, 6.07) is 6.56. The number of amides is 1. The lowest BCUT2D eigenvalue weighted by molar-refractivity contribution is 0.0849. The number of nitrogen functional groups attached to an aromatic ring is 1. The van der Waals surface area contributed by atoms with E-state index in [0.29, 0.717) is 10.8 Å². The van der Waals surface area contributed by atoms with E-state index in [0.717, 1.165) is 11.3 Å². The van der Waals surface area contributed by atoms with Crippen LogP contribution >= 0.6 is 11.3 Å². The fourth-order valence-electron chi connectivity index (χ4n) is 2.73. The summed E-state index contributed by atoms with van der Waals surface area (Å²) in [4.78, 5) is 28.9. The Labute approximate surface area is 167 Å². The SMILES string of the molecule is Nc1nc(Nc2ccc(F)cc2)sc1C(=O)c1cc(C(=O)NC2CC(F)C2)no1. The molecule has 0 unspecified atom stereocenters. The van der Waals surface area contributed by atoms with Crippen molar-refractivity contribution in [2.24, 2.45) is 0 Å². The van der Waals surface area contributed by atoms with Crippen molar-refractivity contribution in [3.05, 3.63) is 52.5 Å². The number of ketones is 1. The maximum absolute atomic E-state index is 13.0. The normalized spacial score (nSPS) is 18.1. The molecule has 1 fully saturated rings. The van der Waals surface area contributed by atoms with Crippen LogP contribution in [-0.4, -0.2) is 34.0 Å². The van der Waals surface area contributed by atoms with Gasteiger partial charge in [-0.15, -0.1) is 0 Å². The number of halogens is 2. The number of benzene rings is 1. The van der Waals surface area contributed by atoms with Crippen LogP contribution in [0.3, 0.4) is 0 Å². The Bertz CT molecular complexity index is 1060. The number of hydrogen-bond acceptors (Lipinski definition) is 8. The summed E-state index contributed by atoms with van der Waals surface area (Å²) < 4.78 is 30.8. The first kappa shape index (κ1) is 19.0. The average molecular weight is 419 g/mol. The number of aromatic nitrogens is 2. The average Bonchev–Trinajstić information content (AvgIpc) is 3.29. The highest BCUT2D eigenvalue weighted by Crippen LogP contribution is 2.30. The molecule has 11 heteroatoms. The van der Waals surface area contributed by atoms with Crippen molar-refractivity contribution in [2.75, 3.05) is 11.1 Å². The van der Waals surface area contributed by atoms with Crippen LogP contribution in [0.15, 0.2) is 34.9 Å². The monoisotopic (exact) mass is 419 g/mol. The second kappa shape index (κ2) is 7.59. The van der Waals surface area contributed by atoms with E-state index >= 15 is 0 Å². The van der Waals surface area contributed by atoms with E-state index in [1.54, 1.807) is 0 Å². The summed E-state index contributed by atoms with van der Waals surface area (Å²) in [5.74, 6) is -1.69. The summed E-state index contributed by atoms with van der Waals surface area (Å²) >= 11 is 0.982. The number of anilines is 3. The van der Waals surface area contributed by atoms with Crippen molar-refractivity contribution in [3.8, 4) is 0 Å². The Hall–Kier alpha value is -3.34. The predicted molar refractivity (Wildman–Crippen MR) is 102 cm³/mol. The van der Waals surface area contributed by atoms with Gasteiger partial charge in [-0.2, -0.15) is 0 Å². The second-order valence-electron chi connectivity index (χ2n) is 6.51. The number of nitrogens with zero attached hydrogens (tertiary/aromatic N) is 2. The van der Waals surface area contributed by atoms with Crippen molar-refractivity contribution in [3.63, 3.8) is 0 Å². The first-order chi connectivity index (χ1) is 13.9. The number of carbonyl (C=O) groups excluding carboxylic acids is 2. The molecule has 8 nitrogen and oxygen atoms in total. The van der Waals surface area contributed by atoms with Gasteiger partial charge in [0.15, 0.2) is 10.8 Å². The molecule has 0 radical (unpaired) electrons. The number of nitrogens with two attached hydrogens (primary N) is 1. The van der Waals surface area contributed by atoms with Crippen LogP contribution in [0, 0.1) is 5.82 Å². The Morgan fingerprint density at radius 2 is 1.97 bits per heavy atom. The van der Waals surface area contributed by atoms with Crippen molar-refractivity contribution in [1.82, 2.24) is 15.5 Å². The third-order valence-electron chi connectivity index (χ3n) is 4.34. The molecular weight excluding hydrogens is 404 g/mol. The molecule has 150 valence electrons. The Balaban J connectivity index is 1.45. The molecule has 4 rings (SSSR count). The minimum atomic E-state index is -0.901. The molecule has 3 aromatic rings. The van der Waals surface area contributed by atoms with Gasteiger partial charge in [0, 0.05) is 17.8 Å². The van der Waals surface area contributed by atoms with Gasteiger partial charge in [0.25, 0.3) is 5.91 Å². The summed E-state index contributed by atoms with van der Waals surface area (Å²) in [7, 11) is 0. The second-order valence-corrected chi connectivity index (χ2v) is 7.51.